The molecule has 1 aromatic carbocycles. The van der Waals surface area contributed by atoms with E-state index in [1.54, 1.807) is 39.0 Å². The topological polar surface area (TPSA) is 62.1 Å². The zero-order valence-corrected chi connectivity index (χ0v) is 10.5. The van der Waals surface area contributed by atoms with Crippen molar-refractivity contribution in [1.82, 2.24) is 0 Å². The van der Waals surface area contributed by atoms with Crippen LogP contribution in [0.25, 0.3) is 0 Å². The van der Waals surface area contributed by atoms with Gasteiger partial charge in [0.2, 0.25) is 0 Å². The Morgan fingerprint density at radius 2 is 2.06 bits per heavy atom. The van der Waals surface area contributed by atoms with E-state index in [0.29, 0.717) is 11.3 Å². The number of benzene rings is 1. The monoisotopic (exact) mass is 232 g/mol. The number of hydrogen-bond donors (Lipinski definition) is 1. The molecule has 0 aromatic heterocycles. The van der Waals surface area contributed by atoms with E-state index in [2.05, 4.69) is 5.32 Å². The SMILES string of the molecule is Cc1cc(C#N)ccc1NC(=O)OC(C)(C)C. The standard InChI is InChI=1S/C13H16N2O2/c1-9-7-10(8-14)5-6-11(9)15-12(16)17-13(2,3)4/h5-7H,1-4H3,(H,15,16). The molecular formula is C13H16N2O2. The van der Waals surface area contributed by atoms with Gasteiger partial charge in [-0.1, -0.05) is 0 Å². The quantitative estimate of drug-likeness (QED) is 0.808. The number of nitrogens with zero attached hydrogens (tertiary/aromatic N) is 1. The highest BCUT2D eigenvalue weighted by molar-refractivity contribution is 5.86. The van der Waals surface area contributed by atoms with Gasteiger partial charge in [-0.25, -0.2) is 4.79 Å². The predicted molar refractivity (Wildman–Crippen MR) is 65.8 cm³/mol. The molecule has 0 spiro atoms. The predicted octanol–water partition coefficient (Wildman–Crippen LogP) is 3.21. The van der Waals surface area contributed by atoms with Gasteiger partial charge in [0.15, 0.2) is 0 Å². The van der Waals surface area contributed by atoms with Gasteiger partial charge < -0.3 is 4.74 Å². The van der Waals surface area contributed by atoms with Crippen LogP contribution < -0.4 is 5.32 Å². The van der Waals surface area contributed by atoms with Crippen molar-refractivity contribution < 1.29 is 9.53 Å². The summed E-state index contributed by atoms with van der Waals surface area (Å²) in [6.07, 6.45) is -0.495. The third-order valence-corrected chi connectivity index (χ3v) is 1.99. The van der Waals surface area contributed by atoms with E-state index in [9.17, 15) is 4.79 Å². The summed E-state index contributed by atoms with van der Waals surface area (Å²) in [5.41, 5.74) is 1.52. The molecule has 0 aliphatic rings. The van der Waals surface area contributed by atoms with E-state index in [4.69, 9.17) is 10.00 Å². The molecule has 1 aromatic rings. The number of carbonyl (C=O) groups is 1. The molecule has 0 radical (unpaired) electrons. The summed E-state index contributed by atoms with van der Waals surface area (Å²) < 4.78 is 5.14. The van der Waals surface area contributed by atoms with Gasteiger partial charge in [-0.3, -0.25) is 5.32 Å². The summed E-state index contributed by atoms with van der Waals surface area (Å²) >= 11 is 0. The first kappa shape index (κ1) is 13.0. The number of amides is 1. The first-order chi connectivity index (χ1) is 7.81. The first-order valence-electron chi connectivity index (χ1n) is 5.32. The van der Waals surface area contributed by atoms with Gasteiger partial charge >= 0.3 is 6.09 Å². The largest absolute Gasteiger partial charge is 0.444 e. The maximum absolute atomic E-state index is 11.5. The number of aryl methyl sites for hydroxylation is 1. The molecule has 90 valence electrons. The third kappa shape index (κ3) is 4.15. The highest BCUT2D eigenvalue weighted by Gasteiger charge is 2.16. The van der Waals surface area contributed by atoms with Crippen LogP contribution >= 0.6 is 0 Å². The van der Waals surface area contributed by atoms with Crippen molar-refractivity contribution in [3.63, 3.8) is 0 Å². The molecule has 0 heterocycles. The molecule has 0 bridgehead atoms. The van der Waals surface area contributed by atoms with Crippen LogP contribution in [0.1, 0.15) is 31.9 Å². The van der Waals surface area contributed by atoms with Crippen molar-refractivity contribution in [1.29, 1.82) is 5.26 Å². The van der Waals surface area contributed by atoms with Crippen molar-refractivity contribution in [2.75, 3.05) is 5.32 Å². The molecular weight excluding hydrogens is 216 g/mol. The van der Waals surface area contributed by atoms with Crippen molar-refractivity contribution >= 4 is 11.8 Å². The summed E-state index contributed by atoms with van der Waals surface area (Å²) in [4.78, 5) is 11.5. The average molecular weight is 232 g/mol. The van der Waals surface area contributed by atoms with E-state index in [1.165, 1.54) is 0 Å². The van der Waals surface area contributed by atoms with Gasteiger partial charge in [-0.15, -0.1) is 0 Å². The molecule has 1 N–H and O–H groups in total. The number of nitrogens with one attached hydrogen (secondary N) is 1. The average Bonchev–Trinajstić information content (AvgIpc) is 2.18. The van der Waals surface area contributed by atoms with Gasteiger partial charge in [-0.2, -0.15) is 5.26 Å². The minimum absolute atomic E-state index is 0.495. The summed E-state index contributed by atoms with van der Waals surface area (Å²) in [5.74, 6) is 0. The van der Waals surface area contributed by atoms with Crippen LogP contribution in [0.4, 0.5) is 10.5 Å². The Bertz CT molecular complexity index is 467. The summed E-state index contributed by atoms with van der Waals surface area (Å²) in [5, 5.41) is 11.4. The highest BCUT2D eigenvalue weighted by Crippen LogP contribution is 2.17. The van der Waals surface area contributed by atoms with Crippen LogP contribution in [0, 0.1) is 18.3 Å². The Kier molecular flexibility index (Phi) is 3.74. The zero-order valence-electron chi connectivity index (χ0n) is 10.5. The number of rotatable bonds is 1. The number of anilines is 1. The molecule has 17 heavy (non-hydrogen) atoms. The maximum atomic E-state index is 11.5. The second-order valence-corrected chi connectivity index (χ2v) is 4.77. The van der Waals surface area contributed by atoms with Gasteiger partial charge in [0, 0.05) is 5.69 Å². The Labute approximate surface area is 101 Å². The molecule has 0 saturated heterocycles. The third-order valence-electron chi connectivity index (χ3n) is 1.99. The molecule has 0 aliphatic carbocycles. The number of carbonyl (C=O) groups excluding carboxylic acids is 1. The van der Waals surface area contributed by atoms with Crippen LogP contribution in [0.5, 0.6) is 0 Å². The minimum Gasteiger partial charge on any atom is -0.444 e. The van der Waals surface area contributed by atoms with Crippen molar-refractivity contribution in [2.24, 2.45) is 0 Å². The molecule has 0 fully saturated rings. The van der Waals surface area contributed by atoms with Crippen LogP contribution in [-0.2, 0) is 4.74 Å². The lowest BCUT2D eigenvalue weighted by atomic mass is 10.1. The molecule has 4 heteroatoms. The normalized spacial score (nSPS) is 10.5. The lowest BCUT2D eigenvalue weighted by molar-refractivity contribution is 0.0636. The van der Waals surface area contributed by atoms with E-state index in [1.807, 2.05) is 13.0 Å². The van der Waals surface area contributed by atoms with Crippen LogP contribution in [0.3, 0.4) is 0 Å². The smallest absolute Gasteiger partial charge is 0.412 e. The fraction of sp³-hybridized carbons (Fsp3) is 0.385. The number of nitriles is 1. The molecule has 0 atom stereocenters. The summed E-state index contributed by atoms with van der Waals surface area (Å²) in [7, 11) is 0. The van der Waals surface area contributed by atoms with Crippen LogP contribution in [-0.4, -0.2) is 11.7 Å². The molecule has 0 unspecified atom stereocenters. The Morgan fingerprint density at radius 1 is 1.41 bits per heavy atom. The highest BCUT2D eigenvalue weighted by atomic mass is 16.6. The summed E-state index contributed by atoms with van der Waals surface area (Å²) in [6.45, 7) is 7.24. The second-order valence-electron chi connectivity index (χ2n) is 4.77. The zero-order chi connectivity index (χ0) is 13.1. The van der Waals surface area contributed by atoms with Crippen molar-refractivity contribution in [3.05, 3.63) is 29.3 Å². The fourth-order valence-electron chi connectivity index (χ4n) is 1.29. The maximum Gasteiger partial charge on any atom is 0.412 e. The molecule has 1 rings (SSSR count). The van der Waals surface area contributed by atoms with Gasteiger partial charge in [0.1, 0.15) is 5.60 Å². The van der Waals surface area contributed by atoms with E-state index >= 15 is 0 Å². The van der Waals surface area contributed by atoms with Crippen molar-refractivity contribution in [3.8, 4) is 6.07 Å². The number of hydrogen-bond acceptors (Lipinski definition) is 3. The van der Waals surface area contributed by atoms with Crippen LogP contribution in [0.2, 0.25) is 0 Å². The van der Waals surface area contributed by atoms with E-state index in [0.717, 1.165) is 5.56 Å². The first-order valence-corrected chi connectivity index (χ1v) is 5.32. The number of ether oxygens (including phenoxy) is 1. The van der Waals surface area contributed by atoms with Crippen molar-refractivity contribution in [2.45, 2.75) is 33.3 Å². The Hall–Kier alpha value is -2.02. The van der Waals surface area contributed by atoms with E-state index in [-0.39, 0.29) is 0 Å². The lowest BCUT2D eigenvalue weighted by Gasteiger charge is -2.20. The van der Waals surface area contributed by atoms with Crippen LogP contribution in [0.15, 0.2) is 18.2 Å². The fourth-order valence-corrected chi connectivity index (χ4v) is 1.29. The van der Waals surface area contributed by atoms with Gasteiger partial charge in [0.05, 0.1) is 11.6 Å². The van der Waals surface area contributed by atoms with Gasteiger partial charge in [-0.05, 0) is 51.5 Å². The summed E-state index contributed by atoms with van der Waals surface area (Å²) in [6, 6.07) is 7.10. The molecule has 0 saturated carbocycles. The minimum atomic E-state index is -0.523. The van der Waals surface area contributed by atoms with Gasteiger partial charge in [0.25, 0.3) is 0 Å². The van der Waals surface area contributed by atoms with E-state index < -0.39 is 11.7 Å². The molecule has 4 nitrogen and oxygen atoms in total. The molecule has 0 aliphatic heterocycles. The Balaban J connectivity index is 2.76. The molecule has 1 amide bonds. The lowest BCUT2D eigenvalue weighted by Crippen LogP contribution is -2.27. The second kappa shape index (κ2) is 4.88. The Morgan fingerprint density at radius 3 is 2.53 bits per heavy atom.